The Morgan fingerprint density at radius 3 is 2.32 bits per heavy atom. The van der Waals surface area contributed by atoms with Gasteiger partial charge in [-0.1, -0.05) is 23.7 Å². The fourth-order valence-corrected chi connectivity index (χ4v) is 2.30. The molecule has 5 heteroatoms. The van der Waals surface area contributed by atoms with Crippen LogP contribution < -0.4 is 14.9 Å². The molecule has 0 aliphatic heterocycles. The van der Waals surface area contributed by atoms with Crippen LogP contribution in [0.2, 0.25) is 5.02 Å². The molecule has 0 fully saturated rings. The summed E-state index contributed by atoms with van der Waals surface area (Å²) in [4.78, 5) is 0. The Morgan fingerprint density at radius 1 is 1.00 bits per heavy atom. The Hall–Kier alpha value is -2.20. The Balaban J connectivity index is 2.04. The minimum atomic E-state index is 0.0727. The maximum atomic E-state index is 5.88. The summed E-state index contributed by atoms with van der Waals surface area (Å²) in [7, 11) is 0. The summed E-state index contributed by atoms with van der Waals surface area (Å²) >= 11 is 5.88. The molecule has 0 bridgehead atoms. The van der Waals surface area contributed by atoms with E-state index in [-0.39, 0.29) is 12.2 Å². The van der Waals surface area contributed by atoms with E-state index in [4.69, 9.17) is 21.1 Å². The molecule has 0 unspecified atom stereocenters. The van der Waals surface area contributed by atoms with E-state index in [1.807, 2.05) is 70.2 Å². The van der Waals surface area contributed by atoms with Gasteiger partial charge in [-0.05, 0) is 57.5 Å². The first-order valence-electron chi connectivity index (χ1n) is 8.42. The minimum absolute atomic E-state index is 0.0727. The zero-order valence-corrected chi connectivity index (χ0v) is 15.9. The molecule has 4 nitrogen and oxygen atoms in total. The lowest BCUT2D eigenvalue weighted by atomic mass is 10.2. The molecule has 0 aromatic heterocycles. The van der Waals surface area contributed by atoms with E-state index in [9.17, 15) is 0 Å². The van der Waals surface area contributed by atoms with Crippen molar-refractivity contribution in [2.24, 2.45) is 5.10 Å². The van der Waals surface area contributed by atoms with Crippen molar-refractivity contribution in [1.29, 1.82) is 0 Å². The third-order valence-corrected chi connectivity index (χ3v) is 3.46. The monoisotopic (exact) mass is 360 g/mol. The molecule has 0 heterocycles. The predicted molar refractivity (Wildman–Crippen MR) is 104 cm³/mol. The van der Waals surface area contributed by atoms with Gasteiger partial charge in [0, 0.05) is 16.7 Å². The Morgan fingerprint density at radius 2 is 1.68 bits per heavy atom. The molecular weight excluding hydrogens is 336 g/mol. The van der Waals surface area contributed by atoms with Gasteiger partial charge in [0.2, 0.25) is 0 Å². The van der Waals surface area contributed by atoms with E-state index in [1.165, 1.54) is 0 Å². The molecule has 2 rings (SSSR count). The van der Waals surface area contributed by atoms with Gasteiger partial charge in [0.25, 0.3) is 0 Å². The van der Waals surface area contributed by atoms with Crippen LogP contribution in [0, 0.1) is 0 Å². The lowest BCUT2D eigenvalue weighted by Gasteiger charge is -2.15. The first-order chi connectivity index (χ1) is 11.9. The van der Waals surface area contributed by atoms with Gasteiger partial charge in [-0.2, -0.15) is 5.10 Å². The van der Waals surface area contributed by atoms with Crippen LogP contribution in [0.1, 0.15) is 38.8 Å². The molecule has 2 aromatic rings. The highest BCUT2D eigenvalue weighted by Crippen LogP contribution is 2.25. The van der Waals surface area contributed by atoms with Crippen molar-refractivity contribution < 1.29 is 9.47 Å². The molecule has 0 aliphatic rings. The molecule has 0 atom stereocenters. The highest BCUT2D eigenvalue weighted by molar-refractivity contribution is 6.30. The zero-order valence-electron chi connectivity index (χ0n) is 15.1. The standard InChI is InChI=1S/C20H25ClN2O2/c1-14(2)24-19-10-7-17(20(11-19)25-15(3)4)13-23-22-12-16-5-8-18(21)9-6-16/h5-11,13-15,22H,12H2,1-4H3/b23-13-. The first-order valence-corrected chi connectivity index (χ1v) is 8.79. The second-order valence-corrected chi connectivity index (χ2v) is 6.69. The second-order valence-electron chi connectivity index (χ2n) is 6.25. The average molecular weight is 361 g/mol. The van der Waals surface area contributed by atoms with Crippen molar-refractivity contribution >= 4 is 17.8 Å². The molecule has 134 valence electrons. The highest BCUT2D eigenvalue weighted by atomic mass is 35.5. The third kappa shape index (κ3) is 6.67. The van der Waals surface area contributed by atoms with Gasteiger partial charge in [-0.3, -0.25) is 0 Å². The number of nitrogens with zero attached hydrogens (tertiary/aromatic N) is 1. The maximum Gasteiger partial charge on any atom is 0.132 e. The number of hydrazone groups is 1. The Labute approximate surface area is 154 Å². The van der Waals surface area contributed by atoms with Crippen molar-refractivity contribution in [3.05, 3.63) is 58.6 Å². The van der Waals surface area contributed by atoms with Crippen LogP contribution in [-0.2, 0) is 6.54 Å². The van der Waals surface area contributed by atoms with E-state index in [0.717, 1.165) is 27.6 Å². The molecule has 0 amide bonds. The number of hydrogen-bond acceptors (Lipinski definition) is 4. The van der Waals surface area contributed by atoms with Crippen molar-refractivity contribution in [2.75, 3.05) is 0 Å². The number of rotatable bonds is 8. The SMILES string of the molecule is CC(C)Oc1ccc(/C=N\NCc2ccc(Cl)cc2)c(OC(C)C)c1. The Bertz CT molecular complexity index is 697. The molecule has 0 saturated heterocycles. The van der Waals surface area contributed by atoms with E-state index in [1.54, 1.807) is 6.21 Å². The van der Waals surface area contributed by atoms with Crippen LogP contribution in [0.5, 0.6) is 11.5 Å². The molecule has 0 radical (unpaired) electrons. The van der Waals surface area contributed by atoms with Gasteiger partial charge in [-0.25, -0.2) is 0 Å². The summed E-state index contributed by atoms with van der Waals surface area (Å²) in [6.07, 6.45) is 1.95. The van der Waals surface area contributed by atoms with Crippen LogP contribution in [0.25, 0.3) is 0 Å². The molecule has 2 aromatic carbocycles. The lowest BCUT2D eigenvalue weighted by molar-refractivity contribution is 0.229. The highest BCUT2D eigenvalue weighted by Gasteiger charge is 2.07. The molecule has 0 aliphatic carbocycles. The van der Waals surface area contributed by atoms with E-state index < -0.39 is 0 Å². The smallest absolute Gasteiger partial charge is 0.132 e. The van der Waals surface area contributed by atoms with Crippen LogP contribution in [0.15, 0.2) is 47.6 Å². The number of nitrogens with one attached hydrogen (secondary N) is 1. The lowest BCUT2D eigenvalue weighted by Crippen LogP contribution is -2.10. The predicted octanol–water partition coefficient (Wildman–Crippen LogP) is 5.04. The van der Waals surface area contributed by atoms with Crippen molar-refractivity contribution in [1.82, 2.24) is 5.43 Å². The van der Waals surface area contributed by atoms with Gasteiger partial charge in [0.15, 0.2) is 0 Å². The van der Waals surface area contributed by atoms with Gasteiger partial charge in [0.1, 0.15) is 11.5 Å². The van der Waals surface area contributed by atoms with Gasteiger partial charge >= 0.3 is 0 Å². The van der Waals surface area contributed by atoms with Crippen LogP contribution in [0.3, 0.4) is 0 Å². The normalized spacial score (nSPS) is 11.3. The zero-order chi connectivity index (χ0) is 18.2. The van der Waals surface area contributed by atoms with Gasteiger partial charge in [-0.15, -0.1) is 0 Å². The minimum Gasteiger partial charge on any atom is -0.491 e. The fraction of sp³-hybridized carbons (Fsp3) is 0.350. The molecule has 0 spiro atoms. The molecule has 1 N–H and O–H groups in total. The summed E-state index contributed by atoms with van der Waals surface area (Å²) < 4.78 is 11.6. The largest absolute Gasteiger partial charge is 0.491 e. The van der Waals surface area contributed by atoms with Crippen molar-refractivity contribution in [3.63, 3.8) is 0 Å². The van der Waals surface area contributed by atoms with E-state index in [2.05, 4.69) is 10.5 Å². The molecular formula is C20H25ClN2O2. The quantitative estimate of drug-likeness (QED) is 0.529. The summed E-state index contributed by atoms with van der Waals surface area (Å²) in [5, 5.41) is 5.02. The van der Waals surface area contributed by atoms with Crippen LogP contribution in [0.4, 0.5) is 0 Å². The summed E-state index contributed by atoms with van der Waals surface area (Å²) in [6, 6.07) is 13.4. The average Bonchev–Trinajstić information content (AvgIpc) is 2.54. The molecule has 25 heavy (non-hydrogen) atoms. The topological polar surface area (TPSA) is 42.8 Å². The maximum absolute atomic E-state index is 5.88. The number of ether oxygens (including phenoxy) is 2. The summed E-state index contributed by atoms with van der Waals surface area (Å²) in [5.41, 5.74) is 5.05. The van der Waals surface area contributed by atoms with Crippen LogP contribution >= 0.6 is 11.6 Å². The first kappa shape index (κ1) is 19.1. The van der Waals surface area contributed by atoms with Crippen LogP contribution in [-0.4, -0.2) is 18.4 Å². The number of benzene rings is 2. The molecule has 0 saturated carbocycles. The van der Waals surface area contributed by atoms with Crippen molar-refractivity contribution in [3.8, 4) is 11.5 Å². The third-order valence-electron chi connectivity index (χ3n) is 3.21. The van der Waals surface area contributed by atoms with E-state index in [0.29, 0.717) is 6.54 Å². The van der Waals surface area contributed by atoms with Gasteiger partial charge in [0.05, 0.1) is 25.0 Å². The Kier molecular flexibility index (Phi) is 7.14. The number of hydrogen-bond donors (Lipinski definition) is 1. The van der Waals surface area contributed by atoms with Gasteiger partial charge < -0.3 is 14.9 Å². The van der Waals surface area contributed by atoms with E-state index >= 15 is 0 Å². The second kappa shape index (κ2) is 9.33. The number of halogens is 1. The summed E-state index contributed by atoms with van der Waals surface area (Å²) in [5.74, 6) is 1.54. The van der Waals surface area contributed by atoms with Crippen molar-refractivity contribution in [2.45, 2.75) is 46.4 Å². The fourth-order valence-electron chi connectivity index (χ4n) is 2.18. The summed E-state index contributed by atoms with van der Waals surface area (Å²) in [6.45, 7) is 8.62.